The fourth-order valence-corrected chi connectivity index (χ4v) is 2.83. The molecule has 0 spiro atoms. The van der Waals surface area contributed by atoms with Gasteiger partial charge in [0.25, 0.3) is 0 Å². The summed E-state index contributed by atoms with van der Waals surface area (Å²) in [5, 5.41) is 2.37. The molecule has 106 valence electrons. The molecule has 0 amide bonds. The molecule has 0 radical (unpaired) electrons. The van der Waals surface area contributed by atoms with Crippen molar-refractivity contribution in [3.8, 4) is 11.3 Å². The molecule has 4 rings (SSSR count). The van der Waals surface area contributed by atoms with Crippen LogP contribution in [0, 0.1) is 6.92 Å². The van der Waals surface area contributed by atoms with E-state index in [1.165, 1.54) is 0 Å². The number of hydrogen-bond acceptors (Lipinski definition) is 3. The Balaban J connectivity index is 2.17. The first-order valence-corrected chi connectivity index (χ1v) is 7.12. The van der Waals surface area contributed by atoms with Gasteiger partial charge in [-0.2, -0.15) is 0 Å². The molecule has 22 heavy (non-hydrogen) atoms. The molecular formula is C19H13NO2. The molecule has 2 aromatic heterocycles. The molecule has 3 nitrogen and oxygen atoms in total. The lowest BCUT2D eigenvalue weighted by molar-refractivity contribution is 0.569. The Kier molecular flexibility index (Phi) is 2.79. The number of aromatic nitrogens is 1. The van der Waals surface area contributed by atoms with Crippen molar-refractivity contribution in [1.29, 1.82) is 0 Å². The second-order valence-electron chi connectivity index (χ2n) is 5.27. The van der Waals surface area contributed by atoms with Gasteiger partial charge in [-0.15, -0.1) is 0 Å². The maximum absolute atomic E-state index is 12.3. The number of para-hydroxylation sites is 1. The quantitative estimate of drug-likeness (QED) is 0.387. The fourth-order valence-electron chi connectivity index (χ4n) is 2.83. The topological polar surface area (TPSA) is 43.1 Å². The summed E-state index contributed by atoms with van der Waals surface area (Å²) >= 11 is 0. The van der Waals surface area contributed by atoms with E-state index in [2.05, 4.69) is 4.98 Å². The highest BCUT2D eigenvalue weighted by molar-refractivity contribution is 6.06. The predicted octanol–water partition coefficient (Wildman–Crippen LogP) is 4.32. The molecule has 0 saturated heterocycles. The lowest BCUT2D eigenvalue weighted by Crippen LogP contribution is -2.04. The summed E-state index contributed by atoms with van der Waals surface area (Å²) in [4.78, 5) is 16.8. The molecule has 0 bridgehead atoms. The number of pyridine rings is 1. The van der Waals surface area contributed by atoms with Gasteiger partial charge in [0.05, 0.1) is 16.8 Å². The van der Waals surface area contributed by atoms with Crippen LogP contribution < -0.4 is 5.63 Å². The number of rotatable bonds is 1. The van der Waals surface area contributed by atoms with Crippen LogP contribution in [0.4, 0.5) is 0 Å². The summed E-state index contributed by atoms with van der Waals surface area (Å²) in [6, 6.07) is 19.5. The molecule has 2 aromatic carbocycles. The van der Waals surface area contributed by atoms with Gasteiger partial charge in [0, 0.05) is 16.3 Å². The largest absolute Gasteiger partial charge is 0.422 e. The average Bonchev–Trinajstić information content (AvgIpc) is 2.55. The molecule has 0 aliphatic heterocycles. The van der Waals surface area contributed by atoms with Crippen molar-refractivity contribution >= 4 is 21.7 Å². The average molecular weight is 287 g/mol. The zero-order chi connectivity index (χ0) is 15.1. The summed E-state index contributed by atoms with van der Waals surface area (Å²) in [5.74, 6) is 0. The van der Waals surface area contributed by atoms with E-state index in [-0.39, 0.29) is 5.63 Å². The van der Waals surface area contributed by atoms with Crippen molar-refractivity contribution in [3.05, 3.63) is 76.8 Å². The summed E-state index contributed by atoms with van der Waals surface area (Å²) in [6.07, 6.45) is 0. The summed E-state index contributed by atoms with van der Waals surface area (Å²) < 4.78 is 5.41. The van der Waals surface area contributed by atoms with Crippen LogP contribution in [-0.2, 0) is 0 Å². The number of benzene rings is 2. The normalized spacial score (nSPS) is 11.1. The minimum Gasteiger partial charge on any atom is -0.422 e. The van der Waals surface area contributed by atoms with Crippen molar-refractivity contribution < 1.29 is 4.42 Å². The van der Waals surface area contributed by atoms with E-state index in [1.807, 2.05) is 67.6 Å². The minimum absolute atomic E-state index is 0.335. The molecule has 0 aliphatic carbocycles. The molecule has 2 heterocycles. The van der Waals surface area contributed by atoms with Crippen LogP contribution in [0.3, 0.4) is 0 Å². The molecule has 3 heteroatoms. The van der Waals surface area contributed by atoms with Gasteiger partial charge >= 0.3 is 5.63 Å². The van der Waals surface area contributed by atoms with Gasteiger partial charge in [-0.05, 0) is 19.1 Å². The third-order valence-electron chi connectivity index (χ3n) is 3.85. The van der Waals surface area contributed by atoms with E-state index >= 15 is 0 Å². The molecule has 0 atom stereocenters. The fraction of sp³-hybridized carbons (Fsp3) is 0.0526. The van der Waals surface area contributed by atoms with Gasteiger partial charge in [-0.25, -0.2) is 4.79 Å². The highest BCUT2D eigenvalue weighted by atomic mass is 16.4. The maximum Gasteiger partial charge on any atom is 0.346 e. The highest BCUT2D eigenvalue weighted by Gasteiger charge is 2.12. The van der Waals surface area contributed by atoms with Crippen LogP contribution in [0.25, 0.3) is 33.0 Å². The summed E-state index contributed by atoms with van der Waals surface area (Å²) in [7, 11) is 0. The molecule has 0 N–H and O–H groups in total. The second-order valence-corrected chi connectivity index (χ2v) is 5.27. The Morgan fingerprint density at radius 2 is 1.64 bits per heavy atom. The highest BCUT2D eigenvalue weighted by Crippen LogP contribution is 2.28. The van der Waals surface area contributed by atoms with Gasteiger partial charge in [-0.1, -0.05) is 48.5 Å². The third-order valence-corrected chi connectivity index (χ3v) is 3.85. The van der Waals surface area contributed by atoms with Crippen LogP contribution in [-0.4, -0.2) is 4.98 Å². The van der Waals surface area contributed by atoms with Crippen LogP contribution in [0.2, 0.25) is 0 Å². The van der Waals surface area contributed by atoms with E-state index in [9.17, 15) is 4.79 Å². The van der Waals surface area contributed by atoms with Crippen molar-refractivity contribution in [1.82, 2.24) is 4.98 Å². The monoisotopic (exact) mass is 287 g/mol. The van der Waals surface area contributed by atoms with E-state index in [1.54, 1.807) is 0 Å². The standard InChI is InChI=1S/C19H13NO2/c1-12-18-15(11-16(20-12)13-7-3-2-4-8-13)14-9-5-6-10-17(14)22-19(18)21/h2-11H,1H3. The van der Waals surface area contributed by atoms with E-state index in [0.717, 1.165) is 22.0 Å². The number of hydrogen-bond donors (Lipinski definition) is 0. The van der Waals surface area contributed by atoms with Gasteiger partial charge in [-0.3, -0.25) is 4.98 Å². The van der Waals surface area contributed by atoms with E-state index in [0.29, 0.717) is 16.7 Å². The molecule has 4 aromatic rings. The first kappa shape index (κ1) is 12.8. The minimum atomic E-state index is -0.335. The molecule has 0 saturated carbocycles. The molecule has 0 fully saturated rings. The molecular weight excluding hydrogens is 274 g/mol. The number of aryl methyl sites for hydroxylation is 1. The van der Waals surface area contributed by atoms with Crippen LogP contribution in [0.1, 0.15) is 5.69 Å². The van der Waals surface area contributed by atoms with Crippen molar-refractivity contribution in [3.63, 3.8) is 0 Å². The van der Waals surface area contributed by atoms with Crippen molar-refractivity contribution in [2.75, 3.05) is 0 Å². The Morgan fingerprint density at radius 1 is 0.909 bits per heavy atom. The van der Waals surface area contributed by atoms with Crippen LogP contribution in [0.15, 0.2) is 69.9 Å². The molecule has 0 aliphatic rings. The third kappa shape index (κ3) is 1.91. The first-order chi connectivity index (χ1) is 10.7. The lowest BCUT2D eigenvalue weighted by Gasteiger charge is -2.08. The van der Waals surface area contributed by atoms with Crippen molar-refractivity contribution in [2.24, 2.45) is 0 Å². The van der Waals surface area contributed by atoms with Gasteiger partial charge in [0.15, 0.2) is 0 Å². The Bertz CT molecular complexity index is 1050. The number of fused-ring (bicyclic) bond motifs is 3. The van der Waals surface area contributed by atoms with Gasteiger partial charge < -0.3 is 4.42 Å². The van der Waals surface area contributed by atoms with E-state index in [4.69, 9.17) is 4.42 Å². The van der Waals surface area contributed by atoms with E-state index < -0.39 is 0 Å². The summed E-state index contributed by atoms with van der Waals surface area (Å²) in [5.41, 5.74) is 2.85. The SMILES string of the molecule is Cc1nc(-c2ccccc2)cc2c1c(=O)oc1ccccc12. The van der Waals surface area contributed by atoms with Gasteiger partial charge in [0.1, 0.15) is 5.58 Å². The lowest BCUT2D eigenvalue weighted by atomic mass is 10.0. The van der Waals surface area contributed by atoms with Crippen LogP contribution in [0.5, 0.6) is 0 Å². The maximum atomic E-state index is 12.3. The Labute approximate surface area is 126 Å². The van der Waals surface area contributed by atoms with Gasteiger partial charge in [0.2, 0.25) is 0 Å². The Hall–Kier alpha value is -2.94. The first-order valence-electron chi connectivity index (χ1n) is 7.12. The smallest absolute Gasteiger partial charge is 0.346 e. The predicted molar refractivity (Wildman–Crippen MR) is 88.0 cm³/mol. The zero-order valence-corrected chi connectivity index (χ0v) is 12.0. The Morgan fingerprint density at radius 3 is 2.45 bits per heavy atom. The second kappa shape index (κ2) is 4.81. The van der Waals surface area contributed by atoms with Crippen molar-refractivity contribution in [2.45, 2.75) is 6.92 Å². The van der Waals surface area contributed by atoms with Crippen LogP contribution >= 0.6 is 0 Å². The number of nitrogens with zero attached hydrogens (tertiary/aromatic N) is 1. The zero-order valence-electron chi connectivity index (χ0n) is 12.0. The molecule has 0 unspecified atom stereocenters. The summed E-state index contributed by atoms with van der Waals surface area (Å²) in [6.45, 7) is 1.85.